The van der Waals surface area contributed by atoms with Crippen molar-refractivity contribution in [3.05, 3.63) is 0 Å². The Hall–Kier alpha value is -0.520. The van der Waals surface area contributed by atoms with E-state index in [1.807, 2.05) is 0 Å². The minimum atomic E-state index is 0.410. The van der Waals surface area contributed by atoms with Gasteiger partial charge in [0.2, 0.25) is 0 Å². The van der Waals surface area contributed by atoms with Crippen molar-refractivity contribution >= 4 is 0 Å². The highest BCUT2D eigenvalue weighted by molar-refractivity contribution is 5.03. The van der Waals surface area contributed by atoms with Crippen LogP contribution in [0.2, 0.25) is 0 Å². The summed E-state index contributed by atoms with van der Waals surface area (Å²) in [6.07, 6.45) is 14.4. The molecule has 1 saturated carbocycles. The molecule has 1 N–H and O–H groups in total. The summed E-state index contributed by atoms with van der Waals surface area (Å²) >= 11 is 0. The maximum Gasteiger partial charge on any atom is 0.0309 e. The lowest BCUT2D eigenvalue weighted by Crippen LogP contribution is -2.65. The Labute approximate surface area is 113 Å². The zero-order valence-corrected chi connectivity index (χ0v) is 12.0. The van der Waals surface area contributed by atoms with Gasteiger partial charge >= 0.3 is 0 Å². The van der Waals surface area contributed by atoms with E-state index >= 15 is 0 Å². The highest BCUT2D eigenvalue weighted by atomic mass is 15.3. The van der Waals surface area contributed by atoms with Crippen LogP contribution in [0.3, 0.4) is 0 Å². The molecule has 2 fully saturated rings. The molecule has 2 rings (SSSR count). The molecule has 0 aromatic carbocycles. The van der Waals surface area contributed by atoms with Gasteiger partial charge in [0.25, 0.3) is 0 Å². The zero-order valence-electron chi connectivity index (χ0n) is 12.0. The molecule has 0 bridgehead atoms. The van der Waals surface area contributed by atoms with E-state index in [4.69, 9.17) is 6.42 Å². The van der Waals surface area contributed by atoms with Crippen molar-refractivity contribution in [1.82, 2.24) is 10.2 Å². The van der Waals surface area contributed by atoms with Crippen LogP contribution in [0.5, 0.6) is 0 Å². The van der Waals surface area contributed by atoms with Gasteiger partial charge in [0, 0.05) is 37.1 Å². The van der Waals surface area contributed by atoms with E-state index in [9.17, 15) is 0 Å². The van der Waals surface area contributed by atoms with Gasteiger partial charge in [-0.3, -0.25) is 4.90 Å². The molecule has 1 saturated heterocycles. The lowest BCUT2D eigenvalue weighted by molar-refractivity contribution is 0.0406. The van der Waals surface area contributed by atoms with Crippen molar-refractivity contribution in [1.29, 1.82) is 0 Å². The van der Waals surface area contributed by atoms with Gasteiger partial charge in [0.1, 0.15) is 0 Å². The standard InChI is InChI=1S/C16H28N2/c1-4-9-14(5-2)18-13-16(10-7-8-11-16)17-12-15(18)6-3/h1,14-15,17H,5-13H2,2-3H3. The number of hydrogen-bond acceptors (Lipinski definition) is 2. The normalized spacial score (nSPS) is 29.3. The zero-order chi connectivity index (χ0) is 13.0. The molecule has 2 unspecified atom stereocenters. The van der Waals surface area contributed by atoms with Gasteiger partial charge < -0.3 is 5.32 Å². The van der Waals surface area contributed by atoms with Crippen LogP contribution in [0.1, 0.15) is 58.8 Å². The van der Waals surface area contributed by atoms with Gasteiger partial charge in [0.15, 0.2) is 0 Å². The van der Waals surface area contributed by atoms with E-state index < -0.39 is 0 Å². The summed E-state index contributed by atoms with van der Waals surface area (Å²) in [4.78, 5) is 2.72. The van der Waals surface area contributed by atoms with E-state index in [0.717, 1.165) is 13.0 Å². The highest BCUT2D eigenvalue weighted by Crippen LogP contribution is 2.35. The molecule has 0 radical (unpaired) electrons. The van der Waals surface area contributed by atoms with Crippen molar-refractivity contribution in [3.63, 3.8) is 0 Å². The van der Waals surface area contributed by atoms with E-state index in [-0.39, 0.29) is 0 Å². The van der Waals surface area contributed by atoms with Crippen LogP contribution in [0.4, 0.5) is 0 Å². The molecule has 1 aliphatic heterocycles. The van der Waals surface area contributed by atoms with Crippen LogP contribution >= 0.6 is 0 Å². The Balaban J connectivity index is 2.09. The summed E-state index contributed by atoms with van der Waals surface area (Å²) in [5, 5.41) is 3.85. The predicted molar refractivity (Wildman–Crippen MR) is 77.5 cm³/mol. The first-order valence-electron chi connectivity index (χ1n) is 7.69. The topological polar surface area (TPSA) is 15.3 Å². The first kappa shape index (κ1) is 13.9. The molecule has 1 aliphatic carbocycles. The van der Waals surface area contributed by atoms with Crippen LogP contribution in [0, 0.1) is 12.3 Å². The summed E-state index contributed by atoms with van der Waals surface area (Å²) < 4.78 is 0. The highest BCUT2D eigenvalue weighted by Gasteiger charge is 2.42. The van der Waals surface area contributed by atoms with Gasteiger partial charge in [-0.05, 0) is 25.7 Å². The summed E-state index contributed by atoms with van der Waals surface area (Å²) in [6.45, 7) is 6.94. The summed E-state index contributed by atoms with van der Waals surface area (Å²) in [6, 6.07) is 1.26. The predicted octanol–water partition coefficient (Wildman–Crippen LogP) is 2.78. The molecule has 2 heteroatoms. The largest absolute Gasteiger partial charge is 0.308 e. The number of hydrogen-bond donors (Lipinski definition) is 1. The van der Waals surface area contributed by atoms with Crippen LogP contribution in [-0.2, 0) is 0 Å². The number of nitrogens with zero attached hydrogens (tertiary/aromatic N) is 1. The molecule has 2 aliphatic rings. The van der Waals surface area contributed by atoms with E-state index in [1.54, 1.807) is 0 Å². The summed E-state index contributed by atoms with van der Waals surface area (Å²) in [5.74, 6) is 2.88. The number of piperazine rings is 1. The third-order valence-corrected chi connectivity index (χ3v) is 4.99. The van der Waals surface area contributed by atoms with E-state index in [0.29, 0.717) is 17.6 Å². The van der Waals surface area contributed by atoms with Crippen molar-refractivity contribution in [2.45, 2.75) is 76.4 Å². The van der Waals surface area contributed by atoms with Crippen LogP contribution in [0.15, 0.2) is 0 Å². The first-order chi connectivity index (χ1) is 8.74. The van der Waals surface area contributed by atoms with E-state index in [1.165, 1.54) is 45.1 Å². The molecular formula is C16H28N2. The second-order valence-electron chi connectivity index (χ2n) is 6.07. The maximum atomic E-state index is 5.55. The molecule has 1 heterocycles. The molecule has 0 aromatic heterocycles. The minimum Gasteiger partial charge on any atom is -0.308 e. The Kier molecular flexibility index (Phi) is 4.70. The summed E-state index contributed by atoms with van der Waals surface area (Å²) in [7, 11) is 0. The molecule has 0 amide bonds. The Morgan fingerprint density at radius 2 is 2.11 bits per heavy atom. The average Bonchev–Trinajstić information content (AvgIpc) is 2.84. The Bertz CT molecular complexity index is 299. The number of terminal acetylenes is 1. The average molecular weight is 248 g/mol. The van der Waals surface area contributed by atoms with Crippen molar-refractivity contribution in [3.8, 4) is 12.3 Å². The van der Waals surface area contributed by atoms with Gasteiger partial charge in [-0.25, -0.2) is 0 Å². The number of nitrogens with one attached hydrogen (secondary N) is 1. The lowest BCUT2D eigenvalue weighted by Gasteiger charge is -2.49. The fourth-order valence-corrected chi connectivity index (χ4v) is 3.81. The second-order valence-corrected chi connectivity index (χ2v) is 6.07. The monoisotopic (exact) mass is 248 g/mol. The summed E-state index contributed by atoms with van der Waals surface area (Å²) in [5.41, 5.74) is 0.410. The molecule has 2 nitrogen and oxygen atoms in total. The molecule has 2 atom stereocenters. The van der Waals surface area contributed by atoms with Crippen LogP contribution in [0.25, 0.3) is 0 Å². The van der Waals surface area contributed by atoms with Crippen molar-refractivity contribution in [2.24, 2.45) is 0 Å². The fourth-order valence-electron chi connectivity index (χ4n) is 3.81. The Morgan fingerprint density at radius 1 is 1.39 bits per heavy atom. The molecule has 18 heavy (non-hydrogen) atoms. The first-order valence-corrected chi connectivity index (χ1v) is 7.69. The molecular weight excluding hydrogens is 220 g/mol. The van der Waals surface area contributed by atoms with Crippen molar-refractivity contribution < 1.29 is 0 Å². The van der Waals surface area contributed by atoms with Crippen molar-refractivity contribution in [2.75, 3.05) is 13.1 Å². The number of rotatable bonds is 4. The van der Waals surface area contributed by atoms with Gasteiger partial charge in [-0.2, -0.15) is 0 Å². The van der Waals surface area contributed by atoms with Gasteiger partial charge in [0.05, 0.1) is 0 Å². The quantitative estimate of drug-likeness (QED) is 0.770. The van der Waals surface area contributed by atoms with Crippen LogP contribution < -0.4 is 5.32 Å². The SMILES string of the molecule is C#CCC(CC)N1CC2(CCCC2)NCC1CC. The van der Waals surface area contributed by atoms with Gasteiger partial charge in [-0.15, -0.1) is 12.3 Å². The molecule has 102 valence electrons. The maximum absolute atomic E-state index is 5.55. The van der Waals surface area contributed by atoms with Crippen LogP contribution in [-0.4, -0.2) is 35.6 Å². The van der Waals surface area contributed by atoms with Gasteiger partial charge in [-0.1, -0.05) is 26.7 Å². The smallest absolute Gasteiger partial charge is 0.0309 e. The van der Waals surface area contributed by atoms with E-state index in [2.05, 4.69) is 30.0 Å². The molecule has 1 spiro atoms. The lowest BCUT2D eigenvalue weighted by atomic mass is 9.89. The molecule has 0 aromatic rings. The third-order valence-electron chi connectivity index (χ3n) is 4.99. The Morgan fingerprint density at radius 3 is 2.67 bits per heavy atom. The fraction of sp³-hybridized carbons (Fsp3) is 0.875. The second kappa shape index (κ2) is 6.08. The third kappa shape index (κ3) is 2.73. The minimum absolute atomic E-state index is 0.410.